The molecule has 138 valence electrons. The molecule has 1 aromatic carbocycles. The van der Waals surface area contributed by atoms with Gasteiger partial charge < -0.3 is 10.1 Å². The van der Waals surface area contributed by atoms with E-state index in [4.69, 9.17) is 4.74 Å². The van der Waals surface area contributed by atoms with Crippen LogP contribution in [0.25, 0.3) is 0 Å². The van der Waals surface area contributed by atoms with E-state index in [1.165, 1.54) is 0 Å². The lowest BCUT2D eigenvalue weighted by molar-refractivity contribution is -0.122. The van der Waals surface area contributed by atoms with Gasteiger partial charge in [-0.3, -0.25) is 19.6 Å². The van der Waals surface area contributed by atoms with Crippen molar-refractivity contribution in [1.82, 2.24) is 20.1 Å². The van der Waals surface area contributed by atoms with Crippen LogP contribution in [0.3, 0.4) is 0 Å². The average Bonchev–Trinajstić information content (AvgIpc) is 2.69. The number of carbonyl (C=O) groups excluding carboxylic acids is 1. The van der Waals surface area contributed by atoms with Gasteiger partial charge in [-0.2, -0.15) is 0 Å². The van der Waals surface area contributed by atoms with Gasteiger partial charge in [-0.05, 0) is 18.2 Å². The molecule has 0 atom stereocenters. The molecule has 1 saturated heterocycles. The molecule has 0 saturated carbocycles. The van der Waals surface area contributed by atoms with E-state index in [1.807, 2.05) is 42.6 Å². The Kier molecular flexibility index (Phi) is 6.57. The monoisotopic (exact) mass is 354 g/mol. The lowest BCUT2D eigenvalue weighted by atomic mass is 10.2. The Labute approximate surface area is 154 Å². The van der Waals surface area contributed by atoms with Crippen molar-refractivity contribution in [3.63, 3.8) is 0 Å². The third-order valence-electron chi connectivity index (χ3n) is 4.61. The Morgan fingerprint density at radius 2 is 1.81 bits per heavy atom. The molecule has 1 fully saturated rings. The molecule has 2 aromatic rings. The summed E-state index contributed by atoms with van der Waals surface area (Å²) in [6, 6.07) is 13.8. The smallest absolute Gasteiger partial charge is 0.234 e. The van der Waals surface area contributed by atoms with Crippen LogP contribution in [0.4, 0.5) is 0 Å². The zero-order chi connectivity index (χ0) is 18.2. The molecule has 2 heterocycles. The summed E-state index contributed by atoms with van der Waals surface area (Å²) in [5.74, 6) is 0.852. The summed E-state index contributed by atoms with van der Waals surface area (Å²) in [5, 5.41) is 2.99. The number of hydrogen-bond donors (Lipinski definition) is 1. The minimum absolute atomic E-state index is 0.0501. The van der Waals surface area contributed by atoms with Gasteiger partial charge in [-0.1, -0.05) is 24.3 Å². The Morgan fingerprint density at radius 3 is 2.54 bits per heavy atom. The van der Waals surface area contributed by atoms with Gasteiger partial charge in [-0.15, -0.1) is 0 Å². The van der Waals surface area contributed by atoms with Gasteiger partial charge in [0, 0.05) is 51.0 Å². The summed E-state index contributed by atoms with van der Waals surface area (Å²) < 4.78 is 5.32. The first-order valence-electron chi connectivity index (χ1n) is 8.98. The number of ether oxygens (including phenoxy) is 1. The molecule has 1 aliphatic heterocycles. The maximum atomic E-state index is 12.2. The first kappa shape index (κ1) is 18.4. The molecule has 0 aliphatic carbocycles. The van der Waals surface area contributed by atoms with Crippen LogP contribution in [0.1, 0.15) is 11.3 Å². The summed E-state index contributed by atoms with van der Waals surface area (Å²) >= 11 is 0. The summed E-state index contributed by atoms with van der Waals surface area (Å²) in [7, 11) is 1.64. The second-order valence-corrected chi connectivity index (χ2v) is 6.46. The predicted octanol–water partition coefficient (Wildman–Crippen LogP) is 1.52. The predicted molar refractivity (Wildman–Crippen MR) is 101 cm³/mol. The standard InChI is InChI=1S/C20H26N4O2/c1-26-19-8-3-2-6-17(19)14-22-20(25)16-24-12-10-23(11-13-24)15-18-7-4-5-9-21-18/h2-9H,10-16H2,1H3,(H,22,25). The number of methoxy groups -OCH3 is 1. The summed E-state index contributed by atoms with van der Waals surface area (Å²) in [5.41, 5.74) is 2.08. The van der Waals surface area contributed by atoms with Crippen molar-refractivity contribution in [3.8, 4) is 5.75 Å². The molecule has 0 unspecified atom stereocenters. The Bertz CT molecular complexity index is 700. The molecule has 0 bridgehead atoms. The van der Waals surface area contributed by atoms with Crippen molar-refractivity contribution < 1.29 is 9.53 Å². The Morgan fingerprint density at radius 1 is 1.08 bits per heavy atom. The number of nitrogens with zero attached hydrogens (tertiary/aromatic N) is 3. The molecular formula is C20H26N4O2. The van der Waals surface area contributed by atoms with E-state index in [1.54, 1.807) is 7.11 Å². The van der Waals surface area contributed by atoms with Gasteiger partial charge in [-0.25, -0.2) is 0 Å². The highest BCUT2D eigenvalue weighted by Crippen LogP contribution is 2.16. The highest BCUT2D eigenvalue weighted by atomic mass is 16.5. The van der Waals surface area contributed by atoms with Crippen molar-refractivity contribution in [3.05, 3.63) is 59.9 Å². The first-order valence-corrected chi connectivity index (χ1v) is 8.98. The molecule has 26 heavy (non-hydrogen) atoms. The topological polar surface area (TPSA) is 57.7 Å². The van der Waals surface area contributed by atoms with E-state index in [2.05, 4.69) is 26.2 Å². The fourth-order valence-corrected chi connectivity index (χ4v) is 3.13. The Hall–Kier alpha value is -2.44. The van der Waals surface area contributed by atoms with Crippen LogP contribution in [0.15, 0.2) is 48.7 Å². The minimum Gasteiger partial charge on any atom is -0.496 e. The molecule has 0 radical (unpaired) electrons. The zero-order valence-corrected chi connectivity index (χ0v) is 15.2. The van der Waals surface area contributed by atoms with Gasteiger partial charge in [0.05, 0.1) is 19.3 Å². The van der Waals surface area contributed by atoms with Crippen molar-refractivity contribution in [2.45, 2.75) is 13.1 Å². The van der Waals surface area contributed by atoms with Crippen molar-refractivity contribution in [2.75, 3.05) is 39.8 Å². The molecule has 6 heteroatoms. The van der Waals surface area contributed by atoms with Crippen LogP contribution >= 0.6 is 0 Å². The molecule has 6 nitrogen and oxygen atoms in total. The number of hydrogen-bond acceptors (Lipinski definition) is 5. The number of pyridine rings is 1. The molecule has 3 rings (SSSR count). The lowest BCUT2D eigenvalue weighted by Gasteiger charge is -2.34. The third kappa shape index (κ3) is 5.28. The van der Waals surface area contributed by atoms with E-state index < -0.39 is 0 Å². The maximum Gasteiger partial charge on any atom is 0.234 e. The second-order valence-electron chi connectivity index (χ2n) is 6.46. The van der Waals surface area contributed by atoms with Gasteiger partial charge in [0.2, 0.25) is 5.91 Å². The van der Waals surface area contributed by atoms with Gasteiger partial charge >= 0.3 is 0 Å². The molecular weight excluding hydrogens is 328 g/mol. The third-order valence-corrected chi connectivity index (χ3v) is 4.61. The van der Waals surface area contributed by atoms with Gasteiger partial charge in [0.1, 0.15) is 5.75 Å². The van der Waals surface area contributed by atoms with Crippen LogP contribution < -0.4 is 10.1 Å². The fraction of sp³-hybridized carbons (Fsp3) is 0.400. The molecule has 1 aromatic heterocycles. The van der Waals surface area contributed by atoms with Crippen LogP contribution in [0.5, 0.6) is 5.75 Å². The van der Waals surface area contributed by atoms with Crippen LogP contribution in [0.2, 0.25) is 0 Å². The number of benzene rings is 1. The number of nitrogens with one attached hydrogen (secondary N) is 1. The van der Waals surface area contributed by atoms with Crippen molar-refractivity contribution in [1.29, 1.82) is 0 Å². The molecule has 0 spiro atoms. The summed E-state index contributed by atoms with van der Waals surface area (Å²) in [4.78, 5) is 21.2. The van der Waals surface area contributed by atoms with Crippen molar-refractivity contribution >= 4 is 5.91 Å². The van der Waals surface area contributed by atoms with E-state index >= 15 is 0 Å². The van der Waals surface area contributed by atoms with E-state index in [0.29, 0.717) is 13.1 Å². The fourth-order valence-electron chi connectivity index (χ4n) is 3.13. The highest BCUT2D eigenvalue weighted by Gasteiger charge is 2.19. The average molecular weight is 354 g/mol. The maximum absolute atomic E-state index is 12.2. The summed E-state index contributed by atoms with van der Waals surface area (Å²) in [6.07, 6.45) is 1.83. The first-order chi connectivity index (χ1) is 12.7. The molecule has 1 amide bonds. The highest BCUT2D eigenvalue weighted by molar-refractivity contribution is 5.78. The number of aromatic nitrogens is 1. The van der Waals surface area contributed by atoms with Crippen LogP contribution in [0, 0.1) is 0 Å². The number of piperazine rings is 1. The van der Waals surface area contributed by atoms with E-state index in [-0.39, 0.29) is 5.91 Å². The largest absolute Gasteiger partial charge is 0.496 e. The van der Waals surface area contributed by atoms with E-state index in [9.17, 15) is 4.79 Å². The lowest BCUT2D eigenvalue weighted by Crippen LogP contribution is -2.49. The normalized spacial score (nSPS) is 15.6. The quantitative estimate of drug-likeness (QED) is 0.817. The van der Waals surface area contributed by atoms with Crippen LogP contribution in [-0.4, -0.2) is 60.5 Å². The summed E-state index contributed by atoms with van der Waals surface area (Å²) in [6.45, 7) is 5.50. The molecule has 1 N–H and O–H groups in total. The van der Waals surface area contributed by atoms with E-state index in [0.717, 1.165) is 49.7 Å². The zero-order valence-electron chi connectivity index (χ0n) is 15.2. The SMILES string of the molecule is COc1ccccc1CNC(=O)CN1CCN(Cc2ccccn2)CC1. The van der Waals surface area contributed by atoms with Gasteiger partial charge in [0.15, 0.2) is 0 Å². The number of carbonyl (C=O) groups is 1. The number of para-hydroxylation sites is 1. The van der Waals surface area contributed by atoms with Crippen molar-refractivity contribution in [2.24, 2.45) is 0 Å². The van der Waals surface area contributed by atoms with Crippen LogP contribution in [-0.2, 0) is 17.9 Å². The Balaban J connectivity index is 1.39. The molecule has 1 aliphatic rings. The second kappa shape index (κ2) is 9.31. The number of rotatable bonds is 7. The minimum atomic E-state index is 0.0501. The number of amides is 1. The van der Waals surface area contributed by atoms with Gasteiger partial charge in [0.25, 0.3) is 0 Å².